The Morgan fingerprint density at radius 2 is 2.27 bits per heavy atom. The number of thioether (sulfide) groups is 1. The smallest absolute Gasteiger partial charge is 0.362 e. The van der Waals surface area contributed by atoms with Gasteiger partial charge >= 0.3 is 5.97 Å². The van der Waals surface area contributed by atoms with Gasteiger partial charge in [0.25, 0.3) is 5.72 Å². The van der Waals surface area contributed by atoms with Crippen LogP contribution in [0.25, 0.3) is 0 Å². The maximum Gasteiger partial charge on any atom is 0.362 e. The number of hydrogen-bond donors (Lipinski definition) is 2. The van der Waals surface area contributed by atoms with Crippen molar-refractivity contribution in [2.75, 3.05) is 12.0 Å². The number of rotatable bonds is 5. The molecule has 5 nitrogen and oxygen atoms in total. The van der Waals surface area contributed by atoms with E-state index in [2.05, 4.69) is 5.18 Å². The Balaban J connectivity index is 4.10. The summed E-state index contributed by atoms with van der Waals surface area (Å²) in [6.45, 7) is 0. The van der Waals surface area contributed by atoms with Gasteiger partial charge in [-0.2, -0.15) is 11.8 Å². The normalized spacial score (nSPS) is 15.5. The molecule has 2 N–H and O–H groups in total. The van der Waals surface area contributed by atoms with Gasteiger partial charge in [0, 0.05) is 6.42 Å². The molecule has 0 rings (SSSR count). The summed E-state index contributed by atoms with van der Waals surface area (Å²) in [5.74, 6) is -1.21. The minimum absolute atomic E-state index is 0.160. The predicted molar refractivity (Wildman–Crippen MR) is 41.4 cm³/mol. The van der Waals surface area contributed by atoms with Crippen LogP contribution in [-0.4, -0.2) is 33.9 Å². The van der Waals surface area contributed by atoms with Crippen molar-refractivity contribution in [1.82, 2.24) is 0 Å². The Morgan fingerprint density at radius 1 is 1.73 bits per heavy atom. The van der Waals surface area contributed by atoms with Crippen LogP contribution in [0.3, 0.4) is 0 Å². The summed E-state index contributed by atoms with van der Waals surface area (Å²) in [6, 6.07) is 0. The van der Waals surface area contributed by atoms with Crippen LogP contribution in [0.5, 0.6) is 0 Å². The quantitative estimate of drug-likeness (QED) is 0.592. The van der Waals surface area contributed by atoms with Crippen LogP contribution in [0.1, 0.15) is 6.42 Å². The number of carbonyl (C=O) groups is 1. The molecular weight excluding hydrogens is 170 g/mol. The topological polar surface area (TPSA) is 87.0 Å². The second-order valence-electron chi connectivity index (χ2n) is 1.96. The molecule has 0 aliphatic heterocycles. The first-order valence-corrected chi connectivity index (χ1v) is 4.25. The summed E-state index contributed by atoms with van der Waals surface area (Å²) >= 11 is 1.34. The van der Waals surface area contributed by atoms with Crippen LogP contribution in [-0.2, 0) is 4.79 Å². The highest BCUT2D eigenvalue weighted by Crippen LogP contribution is 2.14. The van der Waals surface area contributed by atoms with Crippen LogP contribution in [0, 0.1) is 4.91 Å². The summed E-state index contributed by atoms with van der Waals surface area (Å²) in [4.78, 5) is 20.1. The molecule has 0 saturated carbocycles. The molecule has 0 aromatic heterocycles. The van der Waals surface area contributed by atoms with Gasteiger partial charge < -0.3 is 10.2 Å². The molecule has 0 spiro atoms. The fraction of sp³-hybridized carbons (Fsp3) is 0.800. The summed E-state index contributed by atoms with van der Waals surface area (Å²) in [5.41, 5.74) is -2.44. The summed E-state index contributed by atoms with van der Waals surface area (Å²) in [6.07, 6.45) is 1.58. The van der Waals surface area contributed by atoms with Gasteiger partial charge in [-0.3, -0.25) is 0 Å². The van der Waals surface area contributed by atoms with Gasteiger partial charge in [0.1, 0.15) is 0 Å². The number of aliphatic hydroxyl groups is 1. The van der Waals surface area contributed by atoms with Crippen LogP contribution in [0.15, 0.2) is 5.18 Å². The lowest BCUT2D eigenvalue weighted by Gasteiger charge is -2.12. The lowest BCUT2D eigenvalue weighted by atomic mass is 10.2. The number of carboxylic acids is 1. The predicted octanol–water partition coefficient (Wildman–Crippen LogP) is 0.279. The lowest BCUT2D eigenvalue weighted by Crippen LogP contribution is -2.36. The zero-order chi connectivity index (χ0) is 8.91. The second-order valence-corrected chi connectivity index (χ2v) is 2.94. The van der Waals surface area contributed by atoms with Crippen molar-refractivity contribution in [1.29, 1.82) is 0 Å². The van der Waals surface area contributed by atoms with E-state index in [0.29, 0.717) is 5.75 Å². The first kappa shape index (κ1) is 10.4. The van der Waals surface area contributed by atoms with Crippen molar-refractivity contribution in [3.05, 3.63) is 4.91 Å². The second kappa shape index (κ2) is 4.30. The van der Waals surface area contributed by atoms with Gasteiger partial charge in [-0.25, -0.2) is 4.79 Å². The molecule has 0 heterocycles. The zero-order valence-electron chi connectivity index (χ0n) is 5.98. The molecule has 0 radical (unpaired) electrons. The SMILES string of the molecule is CSCCC(O)(N=O)C(=O)O. The third-order valence-corrected chi connectivity index (χ3v) is 1.76. The fourth-order valence-corrected chi connectivity index (χ4v) is 0.925. The minimum atomic E-state index is -2.44. The fourth-order valence-electron chi connectivity index (χ4n) is 0.436. The summed E-state index contributed by atoms with van der Waals surface area (Å²) in [7, 11) is 0. The van der Waals surface area contributed by atoms with E-state index in [-0.39, 0.29) is 6.42 Å². The molecule has 11 heavy (non-hydrogen) atoms. The van der Waals surface area contributed by atoms with E-state index in [0.717, 1.165) is 0 Å². The van der Waals surface area contributed by atoms with Crippen molar-refractivity contribution >= 4 is 17.7 Å². The molecule has 0 fully saturated rings. The van der Waals surface area contributed by atoms with Crippen LogP contribution >= 0.6 is 11.8 Å². The molecule has 0 aromatic rings. The number of nitroso groups, excluding NO2 is 1. The Kier molecular flexibility index (Phi) is 4.06. The Hall–Kier alpha value is -0.620. The third-order valence-electron chi connectivity index (χ3n) is 1.15. The highest BCUT2D eigenvalue weighted by atomic mass is 32.2. The maximum atomic E-state index is 10.2. The number of nitrogens with zero attached hydrogens (tertiary/aromatic N) is 1. The molecule has 0 bridgehead atoms. The maximum absolute atomic E-state index is 10.2. The molecule has 6 heteroatoms. The Morgan fingerprint density at radius 3 is 2.55 bits per heavy atom. The molecular formula is C5H9NO4S. The van der Waals surface area contributed by atoms with Crippen molar-refractivity contribution in [2.24, 2.45) is 5.18 Å². The van der Waals surface area contributed by atoms with Gasteiger partial charge in [-0.15, -0.1) is 4.91 Å². The van der Waals surface area contributed by atoms with Gasteiger partial charge in [0.05, 0.1) is 0 Å². The largest absolute Gasteiger partial charge is 0.478 e. The van der Waals surface area contributed by atoms with Crippen LogP contribution in [0.2, 0.25) is 0 Å². The minimum Gasteiger partial charge on any atom is -0.478 e. The number of aliphatic carboxylic acids is 1. The Bertz CT molecular complexity index is 163. The molecule has 0 aliphatic carbocycles. The van der Waals surface area contributed by atoms with Crippen molar-refractivity contribution in [3.63, 3.8) is 0 Å². The van der Waals surface area contributed by atoms with E-state index in [1.54, 1.807) is 6.26 Å². The van der Waals surface area contributed by atoms with Crippen molar-refractivity contribution in [3.8, 4) is 0 Å². The molecule has 64 valence electrons. The molecule has 0 amide bonds. The third kappa shape index (κ3) is 2.85. The highest BCUT2D eigenvalue weighted by molar-refractivity contribution is 7.98. The van der Waals surface area contributed by atoms with E-state index in [1.165, 1.54) is 11.8 Å². The average molecular weight is 179 g/mol. The van der Waals surface area contributed by atoms with E-state index >= 15 is 0 Å². The standard InChI is InChI=1S/C5H9NO4S/c1-11-3-2-5(9,6-10)4(7)8/h9H,2-3H2,1H3,(H,7,8). The van der Waals surface area contributed by atoms with E-state index in [4.69, 9.17) is 10.2 Å². The van der Waals surface area contributed by atoms with Gasteiger partial charge in [0.2, 0.25) is 0 Å². The van der Waals surface area contributed by atoms with Gasteiger partial charge in [-0.1, -0.05) is 0 Å². The lowest BCUT2D eigenvalue weighted by molar-refractivity contribution is -0.157. The van der Waals surface area contributed by atoms with Crippen molar-refractivity contribution < 1.29 is 15.0 Å². The zero-order valence-corrected chi connectivity index (χ0v) is 6.80. The van der Waals surface area contributed by atoms with Gasteiger partial charge in [-0.05, 0) is 17.2 Å². The van der Waals surface area contributed by atoms with E-state index in [1.807, 2.05) is 0 Å². The number of hydrogen-bond acceptors (Lipinski definition) is 5. The van der Waals surface area contributed by atoms with Gasteiger partial charge in [0.15, 0.2) is 0 Å². The average Bonchev–Trinajstić information content (AvgIpc) is 2.00. The molecule has 0 aromatic carbocycles. The summed E-state index contributed by atoms with van der Waals surface area (Å²) < 4.78 is 0. The molecule has 0 aliphatic rings. The first-order chi connectivity index (χ1) is 5.06. The first-order valence-electron chi connectivity index (χ1n) is 2.86. The molecule has 1 atom stereocenters. The Labute approximate surface area is 67.8 Å². The van der Waals surface area contributed by atoms with E-state index < -0.39 is 11.7 Å². The molecule has 1 unspecified atom stereocenters. The van der Waals surface area contributed by atoms with Crippen molar-refractivity contribution in [2.45, 2.75) is 12.1 Å². The number of carboxylic acid groups (broad SMARTS) is 1. The highest BCUT2D eigenvalue weighted by Gasteiger charge is 2.37. The monoisotopic (exact) mass is 179 g/mol. The summed E-state index contributed by atoms with van der Waals surface area (Å²) in [5, 5.41) is 19.4. The molecule has 0 saturated heterocycles. The van der Waals surface area contributed by atoms with Crippen LogP contribution in [0.4, 0.5) is 0 Å². The van der Waals surface area contributed by atoms with Crippen LogP contribution < -0.4 is 0 Å². The van der Waals surface area contributed by atoms with E-state index in [9.17, 15) is 9.70 Å².